The molecule has 0 bridgehead atoms. The summed E-state index contributed by atoms with van der Waals surface area (Å²) in [6, 6.07) is 11.4. The number of carbonyl (C=O) groups is 1. The highest BCUT2D eigenvalue weighted by molar-refractivity contribution is 5.79. The van der Waals surface area contributed by atoms with E-state index in [1.165, 1.54) is 31.4 Å². The maximum atomic E-state index is 12.5. The van der Waals surface area contributed by atoms with E-state index in [4.69, 9.17) is 0 Å². The molecule has 114 valence electrons. The van der Waals surface area contributed by atoms with Crippen LogP contribution in [0.4, 0.5) is 0 Å². The normalized spacial score (nSPS) is 29.1. The van der Waals surface area contributed by atoms with Gasteiger partial charge >= 0.3 is 0 Å². The van der Waals surface area contributed by atoms with Crippen LogP contribution in [0.3, 0.4) is 0 Å². The number of rotatable bonds is 4. The molecule has 0 saturated carbocycles. The Hall–Kier alpha value is -1.35. The van der Waals surface area contributed by atoms with Crippen LogP contribution in [0.5, 0.6) is 0 Å². The molecule has 1 amide bonds. The smallest absolute Gasteiger partial charge is 0.224 e. The molecule has 3 atom stereocenters. The molecule has 1 aromatic rings. The first-order chi connectivity index (χ1) is 10.3. The Balaban J connectivity index is 1.49. The summed E-state index contributed by atoms with van der Waals surface area (Å²) in [5.41, 5.74) is 1.29. The number of nitrogens with zero attached hydrogens (tertiary/aromatic N) is 1. The first-order valence-electron chi connectivity index (χ1n) is 8.33. The molecule has 0 spiro atoms. The van der Waals surface area contributed by atoms with Crippen molar-refractivity contribution in [1.29, 1.82) is 0 Å². The molecule has 3 rings (SSSR count). The van der Waals surface area contributed by atoms with Crippen molar-refractivity contribution in [3.8, 4) is 0 Å². The lowest BCUT2D eigenvalue weighted by Crippen LogP contribution is -2.42. The molecule has 3 unspecified atom stereocenters. The monoisotopic (exact) mass is 286 g/mol. The van der Waals surface area contributed by atoms with Crippen molar-refractivity contribution in [3.05, 3.63) is 35.9 Å². The predicted octanol–water partition coefficient (Wildman–Crippen LogP) is 2.61. The number of carbonyl (C=O) groups excluding carboxylic acids is 1. The highest BCUT2D eigenvalue weighted by atomic mass is 16.1. The molecule has 0 aliphatic carbocycles. The van der Waals surface area contributed by atoms with Gasteiger partial charge in [-0.3, -0.25) is 9.69 Å². The molecule has 2 heterocycles. The second-order valence-corrected chi connectivity index (χ2v) is 6.50. The van der Waals surface area contributed by atoms with E-state index in [1.54, 1.807) is 0 Å². The SMILES string of the molecule is CC1C(C(=O)NCCc2ccccc2)CC2CCCCN21. The third kappa shape index (κ3) is 3.29. The molecule has 1 aromatic carbocycles. The topological polar surface area (TPSA) is 32.3 Å². The minimum absolute atomic E-state index is 0.184. The highest BCUT2D eigenvalue weighted by Crippen LogP contribution is 2.35. The molecule has 2 aliphatic heterocycles. The van der Waals surface area contributed by atoms with Gasteiger partial charge in [0.1, 0.15) is 0 Å². The fourth-order valence-corrected chi connectivity index (χ4v) is 3.97. The molecule has 2 fully saturated rings. The van der Waals surface area contributed by atoms with Gasteiger partial charge in [-0.15, -0.1) is 0 Å². The van der Waals surface area contributed by atoms with Crippen molar-refractivity contribution < 1.29 is 4.79 Å². The Morgan fingerprint density at radius 2 is 2.10 bits per heavy atom. The van der Waals surface area contributed by atoms with E-state index in [0.29, 0.717) is 12.1 Å². The van der Waals surface area contributed by atoms with E-state index < -0.39 is 0 Å². The van der Waals surface area contributed by atoms with Gasteiger partial charge in [-0.1, -0.05) is 36.8 Å². The second kappa shape index (κ2) is 6.61. The molecular weight excluding hydrogens is 260 g/mol. The molecule has 2 aliphatic rings. The quantitative estimate of drug-likeness (QED) is 0.923. The average molecular weight is 286 g/mol. The summed E-state index contributed by atoms with van der Waals surface area (Å²) in [5.74, 6) is 0.441. The lowest BCUT2D eigenvalue weighted by molar-refractivity contribution is -0.125. The number of hydrogen-bond acceptors (Lipinski definition) is 2. The van der Waals surface area contributed by atoms with Crippen LogP contribution in [0, 0.1) is 5.92 Å². The van der Waals surface area contributed by atoms with Gasteiger partial charge in [0.15, 0.2) is 0 Å². The van der Waals surface area contributed by atoms with Gasteiger partial charge in [0.05, 0.1) is 5.92 Å². The molecule has 0 radical (unpaired) electrons. The Morgan fingerprint density at radius 1 is 1.29 bits per heavy atom. The van der Waals surface area contributed by atoms with Gasteiger partial charge in [0.2, 0.25) is 5.91 Å². The Bertz CT molecular complexity index is 473. The minimum atomic E-state index is 0.184. The number of amides is 1. The van der Waals surface area contributed by atoms with Crippen molar-refractivity contribution in [3.63, 3.8) is 0 Å². The number of benzene rings is 1. The molecular formula is C18H26N2O. The minimum Gasteiger partial charge on any atom is -0.355 e. The number of nitrogens with one attached hydrogen (secondary N) is 1. The summed E-state index contributed by atoms with van der Waals surface area (Å²) in [7, 11) is 0. The van der Waals surface area contributed by atoms with Crippen molar-refractivity contribution in [1.82, 2.24) is 10.2 Å². The van der Waals surface area contributed by atoms with E-state index in [-0.39, 0.29) is 11.8 Å². The Labute approximate surface area is 127 Å². The lowest BCUT2D eigenvalue weighted by atomic mass is 9.97. The van der Waals surface area contributed by atoms with Crippen LogP contribution in [0.1, 0.15) is 38.2 Å². The third-order valence-electron chi connectivity index (χ3n) is 5.20. The van der Waals surface area contributed by atoms with Gasteiger partial charge in [0, 0.05) is 18.6 Å². The van der Waals surface area contributed by atoms with E-state index >= 15 is 0 Å². The summed E-state index contributed by atoms with van der Waals surface area (Å²) in [6.07, 6.45) is 5.87. The van der Waals surface area contributed by atoms with Crippen molar-refractivity contribution in [2.24, 2.45) is 5.92 Å². The summed E-state index contributed by atoms with van der Waals surface area (Å²) in [4.78, 5) is 15.0. The van der Waals surface area contributed by atoms with E-state index in [0.717, 1.165) is 19.4 Å². The Kier molecular flexibility index (Phi) is 4.59. The van der Waals surface area contributed by atoms with Gasteiger partial charge < -0.3 is 5.32 Å². The number of fused-ring (bicyclic) bond motifs is 1. The molecule has 0 aromatic heterocycles. The summed E-state index contributed by atoms with van der Waals surface area (Å²) >= 11 is 0. The summed E-state index contributed by atoms with van der Waals surface area (Å²) < 4.78 is 0. The second-order valence-electron chi connectivity index (χ2n) is 6.50. The van der Waals surface area contributed by atoms with Gasteiger partial charge in [-0.05, 0) is 44.7 Å². The number of piperidine rings is 1. The lowest BCUT2D eigenvalue weighted by Gasteiger charge is -2.32. The zero-order valence-corrected chi connectivity index (χ0v) is 12.9. The zero-order chi connectivity index (χ0) is 14.7. The van der Waals surface area contributed by atoms with Crippen LogP contribution in [0.25, 0.3) is 0 Å². The van der Waals surface area contributed by atoms with Crippen LogP contribution >= 0.6 is 0 Å². The van der Waals surface area contributed by atoms with E-state index in [9.17, 15) is 4.79 Å². The zero-order valence-electron chi connectivity index (χ0n) is 12.9. The summed E-state index contributed by atoms with van der Waals surface area (Å²) in [6.45, 7) is 4.16. The molecule has 1 N–H and O–H groups in total. The molecule has 3 nitrogen and oxygen atoms in total. The number of hydrogen-bond donors (Lipinski definition) is 1. The standard InChI is InChI=1S/C18H26N2O/c1-14-17(13-16-9-5-6-12-20(14)16)18(21)19-11-10-15-7-3-2-4-8-15/h2-4,7-8,14,16-17H,5-6,9-13H2,1H3,(H,19,21). The van der Waals surface area contributed by atoms with Crippen molar-refractivity contribution in [2.75, 3.05) is 13.1 Å². The third-order valence-corrected chi connectivity index (χ3v) is 5.20. The average Bonchev–Trinajstić information content (AvgIpc) is 2.86. The molecule has 21 heavy (non-hydrogen) atoms. The predicted molar refractivity (Wildman–Crippen MR) is 85.1 cm³/mol. The highest BCUT2D eigenvalue weighted by Gasteiger charge is 2.42. The largest absolute Gasteiger partial charge is 0.355 e. The molecule has 3 heteroatoms. The van der Waals surface area contributed by atoms with E-state index in [1.807, 2.05) is 18.2 Å². The van der Waals surface area contributed by atoms with Crippen LogP contribution in [-0.4, -0.2) is 36.0 Å². The van der Waals surface area contributed by atoms with Gasteiger partial charge in [0.25, 0.3) is 0 Å². The van der Waals surface area contributed by atoms with Gasteiger partial charge in [-0.2, -0.15) is 0 Å². The van der Waals surface area contributed by atoms with Gasteiger partial charge in [-0.25, -0.2) is 0 Å². The maximum Gasteiger partial charge on any atom is 0.224 e. The van der Waals surface area contributed by atoms with Crippen molar-refractivity contribution in [2.45, 2.75) is 51.1 Å². The van der Waals surface area contributed by atoms with Crippen molar-refractivity contribution >= 4 is 5.91 Å². The maximum absolute atomic E-state index is 12.5. The van der Waals surface area contributed by atoms with Crippen LogP contribution in [-0.2, 0) is 11.2 Å². The fraction of sp³-hybridized carbons (Fsp3) is 0.611. The summed E-state index contributed by atoms with van der Waals surface area (Å²) in [5, 5.41) is 3.15. The first kappa shape index (κ1) is 14.6. The van der Waals surface area contributed by atoms with Crippen LogP contribution in [0.2, 0.25) is 0 Å². The Morgan fingerprint density at radius 3 is 2.86 bits per heavy atom. The van der Waals surface area contributed by atoms with E-state index in [2.05, 4.69) is 29.3 Å². The fourth-order valence-electron chi connectivity index (χ4n) is 3.97. The van der Waals surface area contributed by atoms with Crippen LogP contribution < -0.4 is 5.32 Å². The van der Waals surface area contributed by atoms with Crippen LogP contribution in [0.15, 0.2) is 30.3 Å². The first-order valence-corrected chi connectivity index (χ1v) is 8.33. The molecule has 2 saturated heterocycles.